The van der Waals surface area contributed by atoms with E-state index in [0.717, 1.165) is 11.3 Å². The standard InChI is InChI=1S/C17H23N3O2/c1-12-5-6-14(20-8-7-18-11-20)13(9-12)16(22)19-10-15(21)17(2,3)4/h5-9,11,15,21H,10H2,1-4H3,(H,19,22). The first-order valence-electron chi connectivity index (χ1n) is 7.34. The molecule has 1 amide bonds. The summed E-state index contributed by atoms with van der Waals surface area (Å²) in [5, 5.41) is 12.9. The number of nitrogens with zero attached hydrogens (tertiary/aromatic N) is 2. The summed E-state index contributed by atoms with van der Waals surface area (Å²) in [5.74, 6) is -0.198. The maximum absolute atomic E-state index is 12.5. The fraction of sp³-hybridized carbons (Fsp3) is 0.412. The lowest BCUT2D eigenvalue weighted by Gasteiger charge is -2.26. The molecule has 0 saturated heterocycles. The van der Waals surface area contributed by atoms with Gasteiger partial charge < -0.3 is 15.0 Å². The second-order valence-corrected chi connectivity index (χ2v) is 6.58. The first-order chi connectivity index (χ1) is 10.3. The molecule has 2 aromatic rings. The van der Waals surface area contributed by atoms with Gasteiger partial charge in [-0.3, -0.25) is 4.79 Å². The number of rotatable bonds is 4. The average Bonchev–Trinajstić information content (AvgIpc) is 2.97. The summed E-state index contributed by atoms with van der Waals surface area (Å²) >= 11 is 0. The van der Waals surface area contributed by atoms with Crippen LogP contribution < -0.4 is 5.32 Å². The Bertz CT molecular complexity index is 642. The fourth-order valence-corrected chi connectivity index (χ4v) is 2.05. The first-order valence-corrected chi connectivity index (χ1v) is 7.34. The molecule has 0 saturated carbocycles. The second kappa shape index (κ2) is 6.32. The molecule has 2 N–H and O–H groups in total. The Hall–Kier alpha value is -2.14. The van der Waals surface area contributed by atoms with Crippen LogP contribution in [-0.2, 0) is 0 Å². The number of aromatic nitrogens is 2. The number of aliphatic hydroxyl groups excluding tert-OH is 1. The van der Waals surface area contributed by atoms with Crippen LogP contribution in [-0.4, -0.2) is 33.2 Å². The van der Waals surface area contributed by atoms with Gasteiger partial charge >= 0.3 is 0 Å². The number of nitrogens with one attached hydrogen (secondary N) is 1. The number of imidazole rings is 1. The summed E-state index contributed by atoms with van der Waals surface area (Å²) in [6, 6.07) is 5.69. The molecule has 0 aliphatic heterocycles. The molecule has 5 heteroatoms. The Labute approximate surface area is 131 Å². The van der Waals surface area contributed by atoms with Crippen molar-refractivity contribution in [3.05, 3.63) is 48.0 Å². The third-order valence-corrected chi connectivity index (χ3v) is 3.63. The van der Waals surface area contributed by atoms with Crippen LogP contribution in [0.3, 0.4) is 0 Å². The largest absolute Gasteiger partial charge is 0.391 e. The molecule has 22 heavy (non-hydrogen) atoms. The van der Waals surface area contributed by atoms with E-state index in [2.05, 4.69) is 10.3 Å². The van der Waals surface area contributed by atoms with Crippen molar-refractivity contribution in [3.63, 3.8) is 0 Å². The van der Waals surface area contributed by atoms with Crippen LogP contribution >= 0.6 is 0 Å². The average molecular weight is 301 g/mol. The van der Waals surface area contributed by atoms with Gasteiger partial charge in [0.1, 0.15) is 0 Å². The topological polar surface area (TPSA) is 67.2 Å². The zero-order chi connectivity index (χ0) is 16.3. The van der Waals surface area contributed by atoms with Crippen molar-refractivity contribution in [1.29, 1.82) is 0 Å². The van der Waals surface area contributed by atoms with Gasteiger partial charge in [0.25, 0.3) is 5.91 Å². The van der Waals surface area contributed by atoms with Gasteiger partial charge in [0, 0.05) is 18.9 Å². The number of benzene rings is 1. The number of aliphatic hydroxyl groups is 1. The molecule has 0 radical (unpaired) electrons. The van der Waals surface area contributed by atoms with E-state index >= 15 is 0 Å². The second-order valence-electron chi connectivity index (χ2n) is 6.58. The van der Waals surface area contributed by atoms with Crippen molar-refractivity contribution in [3.8, 4) is 5.69 Å². The molecule has 0 aliphatic rings. The molecule has 1 aromatic carbocycles. The Kier molecular flexibility index (Phi) is 4.66. The van der Waals surface area contributed by atoms with Crippen molar-refractivity contribution in [2.24, 2.45) is 5.41 Å². The molecule has 2 rings (SSSR count). The molecule has 1 atom stereocenters. The predicted octanol–water partition coefficient (Wildman–Crippen LogP) is 2.32. The molecule has 0 bridgehead atoms. The fourth-order valence-electron chi connectivity index (χ4n) is 2.05. The van der Waals surface area contributed by atoms with Crippen molar-refractivity contribution < 1.29 is 9.90 Å². The van der Waals surface area contributed by atoms with E-state index < -0.39 is 6.10 Å². The molecule has 0 aliphatic carbocycles. The van der Waals surface area contributed by atoms with Gasteiger partial charge in [0.2, 0.25) is 0 Å². The summed E-state index contributed by atoms with van der Waals surface area (Å²) < 4.78 is 1.80. The molecule has 0 fully saturated rings. The van der Waals surface area contributed by atoms with Gasteiger partial charge in [-0.1, -0.05) is 32.4 Å². The summed E-state index contributed by atoms with van der Waals surface area (Å²) in [7, 11) is 0. The zero-order valence-corrected chi connectivity index (χ0v) is 13.5. The molecule has 118 valence electrons. The van der Waals surface area contributed by atoms with E-state index in [9.17, 15) is 9.90 Å². The summed E-state index contributed by atoms with van der Waals surface area (Å²) in [6.07, 6.45) is 4.53. The SMILES string of the molecule is Cc1ccc(-n2ccnc2)c(C(=O)NCC(O)C(C)(C)C)c1. The van der Waals surface area contributed by atoms with Crippen LogP contribution in [0.2, 0.25) is 0 Å². The Morgan fingerprint density at radius 2 is 2.14 bits per heavy atom. The van der Waals surface area contributed by atoms with Crippen LogP contribution in [0.5, 0.6) is 0 Å². The molecule has 5 nitrogen and oxygen atoms in total. The number of carbonyl (C=O) groups is 1. The predicted molar refractivity (Wildman–Crippen MR) is 86.1 cm³/mol. The lowest BCUT2D eigenvalue weighted by Crippen LogP contribution is -2.39. The van der Waals surface area contributed by atoms with Gasteiger partial charge in [0.05, 0.1) is 23.7 Å². The normalized spacial score (nSPS) is 13.0. The Balaban J connectivity index is 2.21. The molecular weight excluding hydrogens is 278 g/mol. The third-order valence-electron chi connectivity index (χ3n) is 3.63. The first kappa shape index (κ1) is 16.2. The number of hydrogen-bond donors (Lipinski definition) is 2. The minimum Gasteiger partial charge on any atom is -0.391 e. The van der Waals surface area contributed by atoms with Crippen LogP contribution in [0, 0.1) is 12.3 Å². The Morgan fingerprint density at radius 1 is 1.41 bits per heavy atom. The highest BCUT2D eigenvalue weighted by atomic mass is 16.3. The van der Waals surface area contributed by atoms with Gasteiger partial charge in [-0.2, -0.15) is 0 Å². The van der Waals surface area contributed by atoms with Crippen LogP contribution in [0.1, 0.15) is 36.7 Å². The summed E-state index contributed by atoms with van der Waals surface area (Å²) in [5.41, 5.74) is 2.07. The highest BCUT2D eigenvalue weighted by Gasteiger charge is 2.23. The smallest absolute Gasteiger partial charge is 0.253 e. The molecule has 1 aromatic heterocycles. The molecular formula is C17H23N3O2. The van der Waals surface area contributed by atoms with E-state index in [0.29, 0.717) is 5.56 Å². The quantitative estimate of drug-likeness (QED) is 0.910. The molecule has 1 unspecified atom stereocenters. The van der Waals surface area contributed by atoms with Gasteiger partial charge in [-0.15, -0.1) is 0 Å². The zero-order valence-electron chi connectivity index (χ0n) is 13.5. The maximum Gasteiger partial charge on any atom is 0.253 e. The Morgan fingerprint density at radius 3 is 2.73 bits per heavy atom. The highest BCUT2D eigenvalue weighted by molar-refractivity contribution is 5.98. The van der Waals surface area contributed by atoms with E-state index in [-0.39, 0.29) is 17.9 Å². The maximum atomic E-state index is 12.5. The van der Waals surface area contributed by atoms with Crippen LogP contribution in [0.4, 0.5) is 0 Å². The van der Waals surface area contributed by atoms with E-state index in [1.807, 2.05) is 45.9 Å². The highest BCUT2D eigenvalue weighted by Crippen LogP contribution is 2.19. The van der Waals surface area contributed by atoms with Crippen molar-refractivity contribution in [1.82, 2.24) is 14.9 Å². The number of aryl methyl sites for hydroxylation is 1. The monoisotopic (exact) mass is 301 g/mol. The van der Waals surface area contributed by atoms with Crippen LogP contribution in [0.25, 0.3) is 5.69 Å². The third kappa shape index (κ3) is 3.74. The van der Waals surface area contributed by atoms with E-state index in [4.69, 9.17) is 0 Å². The van der Waals surface area contributed by atoms with Crippen molar-refractivity contribution in [2.45, 2.75) is 33.8 Å². The van der Waals surface area contributed by atoms with E-state index in [1.54, 1.807) is 23.3 Å². The number of amides is 1. The lowest BCUT2D eigenvalue weighted by atomic mass is 9.89. The van der Waals surface area contributed by atoms with E-state index in [1.165, 1.54) is 0 Å². The van der Waals surface area contributed by atoms with Gasteiger partial charge in [-0.25, -0.2) is 4.98 Å². The minimum atomic E-state index is -0.599. The van der Waals surface area contributed by atoms with Gasteiger partial charge in [-0.05, 0) is 24.5 Å². The molecule has 0 spiro atoms. The lowest BCUT2D eigenvalue weighted by molar-refractivity contribution is 0.0587. The summed E-state index contributed by atoms with van der Waals surface area (Å²) in [4.78, 5) is 16.5. The number of carbonyl (C=O) groups excluding carboxylic acids is 1. The van der Waals surface area contributed by atoms with Crippen molar-refractivity contribution >= 4 is 5.91 Å². The minimum absolute atomic E-state index is 0.198. The van der Waals surface area contributed by atoms with Crippen LogP contribution in [0.15, 0.2) is 36.9 Å². The molecule has 1 heterocycles. The summed E-state index contributed by atoms with van der Waals surface area (Å²) in [6.45, 7) is 7.98. The van der Waals surface area contributed by atoms with Crippen molar-refractivity contribution in [2.75, 3.05) is 6.54 Å². The van der Waals surface area contributed by atoms with Gasteiger partial charge in [0.15, 0.2) is 0 Å². The number of hydrogen-bond acceptors (Lipinski definition) is 3.